The number of Topliss-reactive ketones (excluding diaryl/α,β-unsaturated/α-hetero) is 1. The molecule has 1 aromatic carbocycles. The van der Waals surface area contributed by atoms with Crippen LogP contribution in [0.4, 0.5) is 0 Å². The van der Waals surface area contributed by atoms with E-state index in [1.165, 1.54) is 12.8 Å². The van der Waals surface area contributed by atoms with Gasteiger partial charge in [0, 0.05) is 30.0 Å². The average Bonchev–Trinajstić information content (AvgIpc) is 3.38. The van der Waals surface area contributed by atoms with Crippen LogP contribution in [0, 0.1) is 11.8 Å². The van der Waals surface area contributed by atoms with Gasteiger partial charge in [-0.2, -0.15) is 0 Å². The number of aromatic hydroxyl groups is 2. The molecule has 2 bridgehead atoms. The van der Waals surface area contributed by atoms with Gasteiger partial charge in [0.1, 0.15) is 6.10 Å². The Bertz CT molecular complexity index is 743. The Kier molecular flexibility index (Phi) is 3.26. The van der Waals surface area contributed by atoms with E-state index in [1.807, 2.05) is 6.07 Å². The highest BCUT2D eigenvalue weighted by Crippen LogP contribution is 2.58. The summed E-state index contributed by atoms with van der Waals surface area (Å²) in [6.45, 7) is 2.04. The summed E-state index contributed by atoms with van der Waals surface area (Å²) in [5, 5.41) is 30.9. The number of carbonyl (C=O) groups is 1. The predicted octanol–water partition coefficient (Wildman–Crippen LogP) is 1.72. The number of nitrogens with zero attached hydrogens (tertiary/aromatic N) is 1. The van der Waals surface area contributed by atoms with Crippen LogP contribution < -0.4 is 0 Å². The van der Waals surface area contributed by atoms with Gasteiger partial charge < -0.3 is 15.3 Å². The standard InChI is InChI=1S/C20H25NO4/c22-15-4-3-12-7-14-13-8-16(23)17(24)9-20(13,18(12)19(15)25)5-6-21(14)10-11-1-2-11/h3-4,11,13-14,16,22-23,25H,1-2,5-10H2/t13?,14?,16?,20-/m1/s1. The Morgan fingerprint density at radius 3 is 2.80 bits per heavy atom. The molecule has 2 saturated carbocycles. The molecule has 5 nitrogen and oxygen atoms in total. The summed E-state index contributed by atoms with van der Waals surface area (Å²) >= 11 is 0. The van der Waals surface area contributed by atoms with Crippen LogP contribution >= 0.6 is 0 Å². The van der Waals surface area contributed by atoms with Crippen molar-refractivity contribution >= 4 is 5.78 Å². The fraction of sp³-hybridized carbons (Fsp3) is 0.650. The molecule has 3 aliphatic carbocycles. The number of fused-ring (bicyclic) bond motifs is 1. The molecular formula is C20H25NO4. The monoisotopic (exact) mass is 343 g/mol. The van der Waals surface area contributed by atoms with Crippen LogP contribution in [0.2, 0.25) is 0 Å². The molecule has 1 saturated heterocycles. The van der Waals surface area contributed by atoms with E-state index >= 15 is 0 Å². The minimum atomic E-state index is -0.887. The lowest BCUT2D eigenvalue weighted by molar-refractivity contribution is -0.139. The molecule has 0 amide bonds. The number of hydrogen-bond acceptors (Lipinski definition) is 5. The zero-order valence-electron chi connectivity index (χ0n) is 14.3. The molecule has 4 atom stereocenters. The number of benzene rings is 1. The van der Waals surface area contributed by atoms with E-state index in [0.29, 0.717) is 12.5 Å². The highest BCUT2D eigenvalue weighted by Gasteiger charge is 2.58. The molecule has 0 spiro atoms. The van der Waals surface area contributed by atoms with E-state index in [1.54, 1.807) is 6.07 Å². The molecule has 0 radical (unpaired) electrons. The number of aliphatic hydroxyl groups is 1. The third-order valence-corrected chi connectivity index (χ3v) is 7.19. The summed E-state index contributed by atoms with van der Waals surface area (Å²) in [6, 6.07) is 3.78. The third-order valence-electron chi connectivity index (χ3n) is 7.19. The van der Waals surface area contributed by atoms with Crippen LogP contribution in [-0.4, -0.2) is 51.2 Å². The van der Waals surface area contributed by atoms with Crippen molar-refractivity contribution in [2.75, 3.05) is 13.1 Å². The minimum absolute atomic E-state index is 0.0548. The lowest BCUT2D eigenvalue weighted by atomic mass is 9.51. The Labute approximate surface area is 147 Å². The van der Waals surface area contributed by atoms with Crippen LogP contribution in [0.25, 0.3) is 0 Å². The summed E-state index contributed by atoms with van der Waals surface area (Å²) in [4.78, 5) is 15.0. The fourth-order valence-electron chi connectivity index (χ4n) is 5.82. The number of likely N-dealkylation sites (tertiary alicyclic amines) is 1. The van der Waals surface area contributed by atoms with Gasteiger partial charge in [-0.15, -0.1) is 0 Å². The van der Waals surface area contributed by atoms with Crippen LogP contribution in [0.5, 0.6) is 11.5 Å². The molecule has 3 unspecified atom stereocenters. The number of phenols is 2. The first-order valence-corrected chi connectivity index (χ1v) is 9.49. The lowest BCUT2D eigenvalue weighted by Gasteiger charge is -2.59. The van der Waals surface area contributed by atoms with Gasteiger partial charge in [0.15, 0.2) is 17.3 Å². The van der Waals surface area contributed by atoms with Crippen LogP contribution in [0.15, 0.2) is 12.1 Å². The molecule has 1 aromatic rings. The zero-order chi connectivity index (χ0) is 17.3. The van der Waals surface area contributed by atoms with E-state index in [9.17, 15) is 20.1 Å². The van der Waals surface area contributed by atoms with Crippen molar-refractivity contribution in [1.82, 2.24) is 4.90 Å². The second kappa shape index (κ2) is 5.21. The Balaban J connectivity index is 1.64. The number of rotatable bonds is 2. The van der Waals surface area contributed by atoms with Crippen molar-refractivity contribution in [3.8, 4) is 11.5 Å². The molecule has 3 N–H and O–H groups in total. The van der Waals surface area contributed by atoms with Crippen molar-refractivity contribution in [1.29, 1.82) is 0 Å². The average molecular weight is 343 g/mol. The minimum Gasteiger partial charge on any atom is -0.504 e. The summed E-state index contributed by atoms with van der Waals surface area (Å²) < 4.78 is 0. The highest BCUT2D eigenvalue weighted by molar-refractivity contribution is 5.86. The van der Waals surface area contributed by atoms with Gasteiger partial charge in [0.25, 0.3) is 0 Å². The van der Waals surface area contributed by atoms with Gasteiger partial charge in [-0.1, -0.05) is 6.07 Å². The quantitative estimate of drug-likeness (QED) is 0.713. The molecular weight excluding hydrogens is 318 g/mol. The molecule has 25 heavy (non-hydrogen) atoms. The zero-order valence-corrected chi connectivity index (χ0v) is 14.3. The van der Waals surface area contributed by atoms with Gasteiger partial charge in [0.2, 0.25) is 0 Å². The maximum absolute atomic E-state index is 12.4. The van der Waals surface area contributed by atoms with Crippen LogP contribution in [-0.2, 0) is 16.6 Å². The number of piperidine rings is 1. The van der Waals surface area contributed by atoms with Crippen LogP contribution in [0.3, 0.4) is 0 Å². The molecule has 1 heterocycles. The first kappa shape index (κ1) is 15.6. The first-order valence-electron chi connectivity index (χ1n) is 9.49. The molecule has 5 heteroatoms. The summed E-state index contributed by atoms with van der Waals surface area (Å²) in [5.74, 6) is 0.677. The van der Waals surface area contributed by atoms with E-state index in [2.05, 4.69) is 4.90 Å². The van der Waals surface area contributed by atoms with Gasteiger partial charge in [0.05, 0.1) is 0 Å². The molecule has 0 aromatic heterocycles. The largest absolute Gasteiger partial charge is 0.504 e. The van der Waals surface area contributed by atoms with E-state index < -0.39 is 11.5 Å². The van der Waals surface area contributed by atoms with Gasteiger partial charge in [-0.3, -0.25) is 9.69 Å². The summed E-state index contributed by atoms with van der Waals surface area (Å²) in [5.41, 5.74) is 1.40. The maximum atomic E-state index is 12.4. The molecule has 3 fully saturated rings. The van der Waals surface area contributed by atoms with E-state index in [4.69, 9.17) is 0 Å². The molecule has 5 rings (SSSR count). The normalized spacial score (nSPS) is 37.5. The fourth-order valence-corrected chi connectivity index (χ4v) is 5.82. The number of ketones is 1. The maximum Gasteiger partial charge on any atom is 0.162 e. The molecule has 134 valence electrons. The van der Waals surface area contributed by atoms with Gasteiger partial charge >= 0.3 is 0 Å². The number of hydrogen-bond donors (Lipinski definition) is 3. The number of phenolic OH excluding ortho intramolecular Hbond substituents is 2. The predicted molar refractivity (Wildman–Crippen MR) is 91.6 cm³/mol. The number of aliphatic hydroxyl groups excluding tert-OH is 1. The highest BCUT2D eigenvalue weighted by atomic mass is 16.3. The topological polar surface area (TPSA) is 81.0 Å². The summed E-state index contributed by atoms with van der Waals surface area (Å²) in [7, 11) is 0. The third kappa shape index (κ3) is 2.18. The van der Waals surface area contributed by atoms with E-state index in [0.717, 1.165) is 43.0 Å². The lowest BCUT2D eigenvalue weighted by Crippen LogP contribution is -2.64. The Morgan fingerprint density at radius 2 is 2.04 bits per heavy atom. The Hall–Kier alpha value is -1.59. The summed E-state index contributed by atoms with van der Waals surface area (Å²) in [6.07, 6.45) is 4.11. The van der Waals surface area contributed by atoms with Crippen molar-refractivity contribution < 1.29 is 20.1 Å². The molecule has 4 aliphatic rings. The van der Waals surface area contributed by atoms with Crippen LogP contribution in [0.1, 0.15) is 43.2 Å². The first-order chi connectivity index (χ1) is 12.0. The Morgan fingerprint density at radius 1 is 1.24 bits per heavy atom. The van der Waals surface area contributed by atoms with Crippen molar-refractivity contribution in [2.45, 2.75) is 56.1 Å². The SMILES string of the molecule is O=C1C[C@@]23CCN(CC4CC4)C(Cc4ccc(O)c(O)c42)C3CC1O. The van der Waals surface area contributed by atoms with Gasteiger partial charge in [-0.05, 0) is 62.1 Å². The van der Waals surface area contributed by atoms with E-state index in [-0.39, 0.29) is 29.6 Å². The van der Waals surface area contributed by atoms with Crippen molar-refractivity contribution in [3.63, 3.8) is 0 Å². The second-order valence-electron chi connectivity index (χ2n) is 8.58. The van der Waals surface area contributed by atoms with Gasteiger partial charge in [-0.25, -0.2) is 0 Å². The van der Waals surface area contributed by atoms with Crippen molar-refractivity contribution in [3.05, 3.63) is 23.3 Å². The second-order valence-corrected chi connectivity index (χ2v) is 8.58. The van der Waals surface area contributed by atoms with Crippen molar-refractivity contribution in [2.24, 2.45) is 11.8 Å². The number of carbonyl (C=O) groups excluding carboxylic acids is 1. The smallest absolute Gasteiger partial charge is 0.162 e. The molecule has 1 aliphatic heterocycles.